The highest BCUT2D eigenvalue weighted by atomic mass is 35.6. The number of carbonyl (C=O) groups is 1. The van der Waals surface area contributed by atoms with Gasteiger partial charge in [-0.05, 0) is 18.2 Å². The molecular formula is C20H21Cl6N2O4+. The van der Waals surface area contributed by atoms with Crippen LogP contribution >= 0.6 is 69.6 Å². The molecule has 1 unspecified atom stereocenters. The summed E-state index contributed by atoms with van der Waals surface area (Å²) in [5, 5.41) is 0. The predicted octanol–water partition coefficient (Wildman–Crippen LogP) is 6.77. The van der Waals surface area contributed by atoms with Gasteiger partial charge in [-0.2, -0.15) is 0 Å². The lowest BCUT2D eigenvalue weighted by molar-refractivity contribution is -0.108. The number of likely N-dealkylation sites (N-methyl/N-ethyl adjacent to an activating group) is 1. The maximum absolute atomic E-state index is 12.4. The number of rotatable bonds is 7. The van der Waals surface area contributed by atoms with Gasteiger partial charge in [-0.25, -0.2) is 9.28 Å². The lowest BCUT2D eigenvalue weighted by Crippen LogP contribution is -2.58. The SMILES string of the molecule is COC(C[N+](C)(C(N)=O)c1ccc(Oc2cccc(C(Cl)(Cl)Cl)c2)c(C(Cl)(Cl)Cl)c1)OC. The van der Waals surface area contributed by atoms with Crippen molar-refractivity contribution < 1.29 is 19.0 Å². The normalized spacial score (nSPS) is 14.3. The summed E-state index contributed by atoms with van der Waals surface area (Å²) in [5.41, 5.74) is 6.70. The number of alkyl halides is 6. The van der Waals surface area contributed by atoms with Crippen molar-refractivity contribution in [1.29, 1.82) is 0 Å². The Kier molecular flexibility index (Phi) is 9.24. The number of carbonyl (C=O) groups excluding carboxylic acids is 1. The summed E-state index contributed by atoms with van der Waals surface area (Å²) in [4.78, 5) is 12.4. The van der Waals surface area contributed by atoms with Gasteiger partial charge in [0, 0.05) is 31.9 Å². The fourth-order valence-electron chi connectivity index (χ4n) is 2.86. The van der Waals surface area contributed by atoms with Crippen LogP contribution in [0, 0.1) is 0 Å². The zero-order valence-corrected chi connectivity index (χ0v) is 21.8. The Balaban J connectivity index is 2.53. The average molecular weight is 566 g/mol. The summed E-state index contributed by atoms with van der Waals surface area (Å²) < 4.78 is 12.5. The number of hydrogen-bond acceptors (Lipinski definition) is 4. The summed E-state index contributed by atoms with van der Waals surface area (Å²) in [5.74, 6) is 0.573. The quantitative estimate of drug-likeness (QED) is 0.228. The third-order valence-corrected chi connectivity index (χ3v) is 6.02. The van der Waals surface area contributed by atoms with Crippen molar-refractivity contribution in [3.8, 4) is 11.5 Å². The highest BCUT2D eigenvalue weighted by molar-refractivity contribution is 6.67. The van der Waals surface area contributed by atoms with Gasteiger partial charge in [0.2, 0.25) is 13.9 Å². The number of nitrogens with two attached hydrogens (primary N) is 1. The number of methoxy groups -OCH3 is 2. The van der Waals surface area contributed by atoms with Crippen LogP contribution in [0.1, 0.15) is 11.1 Å². The third kappa shape index (κ3) is 6.69. The van der Waals surface area contributed by atoms with E-state index in [0.717, 1.165) is 0 Å². The molecule has 0 radical (unpaired) electrons. The second kappa shape index (κ2) is 10.7. The molecule has 0 saturated carbocycles. The van der Waals surface area contributed by atoms with Gasteiger partial charge in [-0.3, -0.25) is 0 Å². The molecule has 6 nitrogen and oxygen atoms in total. The van der Waals surface area contributed by atoms with Crippen LogP contribution in [0.3, 0.4) is 0 Å². The van der Waals surface area contributed by atoms with E-state index in [0.29, 0.717) is 17.0 Å². The number of hydrogen-bond donors (Lipinski definition) is 1. The number of urea groups is 1. The molecule has 2 N–H and O–H groups in total. The van der Waals surface area contributed by atoms with E-state index in [9.17, 15) is 4.79 Å². The Morgan fingerprint density at radius 1 is 1.00 bits per heavy atom. The van der Waals surface area contributed by atoms with Crippen LogP contribution in [-0.2, 0) is 17.1 Å². The monoisotopic (exact) mass is 563 g/mol. The largest absolute Gasteiger partial charge is 0.457 e. The summed E-state index contributed by atoms with van der Waals surface area (Å²) in [6.07, 6.45) is -0.704. The molecule has 0 aliphatic carbocycles. The third-order valence-electron chi connectivity index (χ3n) is 4.75. The van der Waals surface area contributed by atoms with E-state index in [1.807, 2.05) is 0 Å². The second-order valence-corrected chi connectivity index (χ2v) is 11.5. The molecule has 0 saturated heterocycles. The van der Waals surface area contributed by atoms with Gasteiger partial charge >= 0.3 is 6.03 Å². The summed E-state index contributed by atoms with van der Waals surface area (Å²) in [7, 11) is 4.50. The Morgan fingerprint density at radius 2 is 1.62 bits per heavy atom. The van der Waals surface area contributed by atoms with Gasteiger partial charge in [0.05, 0.1) is 12.6 Å². The topological polar surface area (TPSA) is 70.8 Å². The van der Waals surface area contributed by atoms with Crippen molar-refractivity contribution in [2.24, 2.45) is 5.73 Å². The fourth-order valence-corrected chi connectivity index (χ4v) is 3.66. The number of primary amides is 1. The minimum atomic E-state index is -1.89. The molecule has 0 aliphatic heterocycles. The van der Waals surface area contributed by atoms with Gasteiger partial charge in [0.15, 0.2) is 0 Å². The smallest absolute Gasteiger partial charge is 0.419 e. The number of halogens is 6. The van der Waals surface area contributed by atoms with Gasteiger partial charge in [0.25, 0.3) is 0 Å². The Hall–Kier alpha value is -0.670. The molecule has 2 aromatic rings. The van der Waals surface area contributed by atoms with Crippen LogP contribution in [0.25, 0.3) is 0 Å². The van der Waals surface area contributed by atoms with Crippen LogP contribution in [-0.4, -0.2) is 40.1 Å². The average Bonchev–Trinajstić information content (AvgIpc) is 2.70. The van der Waals surface area contributed by atoms with Gasteiger partial charge < -0.3 is 19.9 Å². The molecule has 0 spiro atoms. The van der Waals surface area contributed by atoms with E-state index in [1.165, 1.54) is 20.3 Å². The highest BCUT2D eigenvalue weighted by Gasteiger charge is 2.38. The molecular weight excluding hydrogens is 545 g/mol. The zero-order chi connectivity index (χ0) is 24.3. The lowest BCUT2D eigenvalue weighted by Gasteiger charge is -2.32. The minimum absolute atomic E-state index is 0.0765. The maximum Gasteiger partial charge on any atom is 0.419 e. The molecule has 2 aromatic carbocycles. The van der Waals surface area contributed by atoms with Crippen molar-refractivity contribution >= 4 is 81.3 Å². The predicted molar refractivity (Wildman–Crippen MR) is 131 cm³/mol. The molecule has 32 heavy (non-hydrogen) atoms. The number of nitrogens with zero attached hydrogens (tertiary/aromatic N) is 1. The standard InChI is InChI=1S/C20H20Cl6N2O4/c1-28(18(27)29,11-17(30-2)31-3)13-7-8-16(15(10-13)20(24,25)26)32-14-6-4-5-12(9-14)19(21,22)23/h4-10,17H,11H2,1-3H3,(H-,27,29)/p+1. The van der Waals surface area contributed by atoms with E-state index in [2.05, 4.69) is 0 Å². The Labute approximate surface area is 216 Å². The van der Waals surface area contributed by atoms with Crippen LogP contribution in [0.2, 0.25) is 0 Å². The second-order valence-electron chi connectivity index (χ2n) is 6.92. The van der Waals surface area contributed by atoms with Crippen molar-refractivity contribution in [3.63, 3.8) is 0 Å². The summed E-state index contributed by atoms with van der Waals surface area (Å²) in [6.45, 7) is 0.0765. The summed E-state index contributed by atoms with van der Waals surface area (Å²) in [6, 6.07) is 10.5. The number of ether oxygens (including phenoxy) is 3. The summed E-state index contributed by atoms with van der Waals surface area (Å²) >= 11 is 36.5. The van der Waals surface area contributed by atoms with Crippen LogP contribution in [0.15, 0.2) is 42.5 Å². The van der Waals surface area contributed by atoms with Crippen molar-refractivity contribution in [1.82, 2.24) is 4.48 Å². The van der Waals surface area contributed by atoms with E-state index < -0.39 is 19.9 Å². The molecule has 1 atom stereocenters. The molecule has 12 heteroatoms. The molecule has 0 bridgehead atoms. The van der Waals surface area contributed by atoms with Crippen LogP contribution < -0.4 is 15.0 Å². The van der Waals surface area contributed by atoms with E-state index in [-0.39, 0.29) is 22.3 Å². The van der Waals surface area contributed by atoms with Gasteiger partial charge in [-0.1, -0.05) is 81.7 Å². The number of amides is 2. The first-order valence-corrected chi connectivity index (χ1v) is 11.3. The van der Waals surface area contributed by atoms with Crippen LogP contribution in [0.5, 0.6) is 11.5 Å². The molecule has 176 valence electrons. The van der Waals surface area contributed by atoms with Crippen molar-refractivity contribution in [2.45, 2.75) is 13.9 Å². The van der Waals surface area contributed by atoms with E-state index in [1.54, 1.807) is 43.4 Å². The first-order valence-electron chi connectivity index (χ1n) is 9.00. The van der Waals surface area contributed by atoms with Gasteiger partial charge in [-0.15, -0.1) is 0 Å². The number of benzene rings is 2. The Morgan fingerprint density at radius 3 is 2.12 bits per heavy atom. The molecule has 2 amide bonds. The molecule has 0 aliphatic rings. The minimum Gasteiger partial charge on any atom is -0.457 e. The zero-order valence-electron chi connectivity index (χ0n) is 17.3. The molecule has 0 heterocycles. The van der Waals surface area contributed by atoms with Gasteiger partial charge in [0.1, 0.15) is 23.7 Å². The van der Waals surface area contributed by atoms with E-state index >= 15 is 0 Å². The lowest BCUT2D eigenvalue weighted by atomic mass is 10.1. The van der Waals surface area contributed by atoms with E-state index in [4.69, 9.17) is 89.5 Å². The van der Waals surface area contributed by atoms with Crippen molar-refractivity contribution in [2.75, 3.05) is 27.8 Å². The van der Waals surface area contributed by atoms with Crippen molar-refractivity contribution in [3.05, 3.63) is 53.6 Å². The highest BCUT2D eigenvalue weighted by Crippen LogP contribution is 2.47. The maximum atomic E-state index is 12.4. The first-order chi connectivity index (χ1) is 14.7. The molecule has 0 aromatic heterocycles. The molecule has 0 fully saturated rings. The van der Waals surface area contributed by atoms with Crippen LogP contribution in [0.4, 0.5) is 10.5 Å². The first kappa shape index (κ1) is 27.6. The fraction of sp³-hybridized carbons (Fsp3) is 0.350. The number of quaternary nitrogens is 1. The molecule has 2 rings (SSSR count). The Bertz CT molecular complexity index is 960.